The number of carbonyl (C=O) groups excluding carboxylic acids is 1. The van der Waals surface area contributed by atoms with Crippen LogP contribution >= 0.6 is 34.7 Å². The van der Waals surface area contributed by atoms with E-state index in [0.717, 1.165) is 47.2 Å². The second kappa shape index (κ2) is 9.51. The van der Waals surface area contributed by atoms with Crippen LogP contribution in [0.5, 0.6) is 0 Å². The van der Waals surface area contributed by atoms with Gasteiger partial charge in [-0.2, -0.15) is 0 Å². The largest absolute Gasteiger partial charge is 0.376 e. The Morgan fingerprint density at radius 3 is 3.00 bits per heavy atom. The first-order valence-electron chi connectivity index (χ1n) is 9.79. The highest BCUT2D eigenvalue weighted by Gasteiger charge is 2.22. The molecule has 1 N–H and O–H groups in total. The molecule has 1 unspecified atom stereocenters. The van der Waals surface area contributed by atoms with Crippen LogP contribution in [-0.4, -0.2) is 39.1 Å². The van der Waals surface area contributed by atoms with Crippen molar-refractivity contribution in [3.63, 3.8) is 0 Å². The quantitative estimate of drug-likeness (QED) is 0.489. The molecule has 6 nitrogen and oxygen atoms in total. The Morgan fingerprint density at radius 2 is 2.27 bits per heavy atom. The van der Waals surface area contributed by atoms with Crippen LogP contribution in [0.1, 0.15) is 23.3 Å². The maximum absolute atomic E-state index is 12.5. The minimum Gasteiger partial charge on any atom is -0.376 e. The molecule has 1 aliphatic heterocycles. The zero-order chi connectivity index (χ0) is 21.1. The fourth-order valence-electron chi connectivity index (χ4n) is 3.39. The Bertz CT molecular complexity index is 1040. The van der Waals surface area contributed by atoms with E-state index in [1.54, 1.807) is 11.3 Å². The third-order valence-electron chi connectivity index (χ3n) is 4.99. The predicted molar refractivity (Wildman–Crippen MR) is 123 cm³/mol. The van der Waals surface area contributed by atoms with Gasteiger partial charge in [0.15, 0.2) is 11.0 Å². The van der Waals surface area contributed by atoms with Crippen LogP contribution in [0.15, 0.2) is 34.8 Å². The molecule has 0 radical (unpaired) electrons. The van der Waals surface area contributed by atoms with Gasteiger partial charge in [0.25, 0.3) is 0 Å². The standard InChI is InChI=1S/C21H23ClN4O2S2/c1-13-9-15(11-29-13)20-24-25-21(26(20)10-16-5-4-8-28-16)30-12-19(27)23-18-7-3-6-17(22)14(18)2/h3,6-7,9,11,16H,4-5,8,10,12H2,1-2H3,(H,23,27). The lowest BCUT2D eigenvalue weighted by Crippen LogP contribution is -2.18. The van der Waals surface area contributed by atoms with Crippen molar-refractivity contribution in [2.45, 2.75) is 44.5 Å². The number of thioether (sulfide) groups is 1. The molecule has 3 aromatic rings. The van der Waals surface area contributed by atoms with Crippen LogP contribution in [0.3, 0.4) is 0 Å². The van der Waals surface area contributed by atoms with Crippen LogP contribution in [0, 0.1) is 13.8 Å². The molecule has 0 saturated carbocycles. The first-order valence-corrected chi connectivity index (χ1v) is 12.0. The molecule has 0 aliphatic carbocycles. The van der Waals surface area contributed by atoms with Gasteiger partial charge in [-0.1, -0.05) is 29.4 Å². The van der Waals surface area contributed by atoms with Crippen molar-refractivity contribution in [2.24, 2.45) is 0 Å². The number of anilines is 1. The van der Waals surface area contributed by atoms with E-state index in [-0.39, 0.29) is 17.8 Å². The molecular formula is C21H23ClN4O2S2. The Balaban J connectivity index is 1.49. The lowest BCUT2D eigenvalue weighted by atomic mass is 10.2. The van der Waals surface area contributed by atoms with Gasteiger partial charge in [0, 0.05) is 33.1 Å². The number of hydrogen-bond acceptors (Lipinski definition) is 6. The molecule has 1 atom stereocenters. The number of rotatable bonds is 7. The minimum absolute atomic E-state index is 0.107. The third-order valence-corrected chi connectivity index (χ3v) is 7.23. The summed E-state index contributed by atoms with van der Waals surface area (Å²) in [5, 5.41) is 15.2. The number of aromatic nitrogens is 3. The summed E-state index contributed by atoms with van der Waals surface area (Å²) in [6.07, 6.45) is 2.25. The van der Waals surface area contributed by atoms with E-state index < -0.39 is 0 Å². The Morgan fingerprint density at radius 1 is 1.40 bits per heavy atom. The summed E-state index contributed by atoms with van der Waals surface area (Å²) in [6.45, 7) is 5.45. The van der Waals surface area contributed by atoms with Crippen LogP contribution in [0.2, 0.25) is 5.02 Å². The van der Waals surface area contributed by atoms with Crippen LogP contribution < -0.4 is 5.32 Å². The van der Waals surface area contributed by atoms with E-state index >= 15 is 0 Å². The number of carbonyl (C=O) groups is 1. The Labute approximate surface area is 189 Å². The normalized spacial score (nSPS) is 16.2. The molecule has 2 aromatic heterocycles. The van der Waals surface area contributed by atoms with E-state index in [2.05, 4.69) is 38.5 Å². The summed E-state index contributed by atoms with van der Waals surface area (Å²) < 4.78 is 7.91. The molecular weight excluding hydrogens is 440 g/mol. The Kier molecular flexibility index (Phi) is 6.77. The number of hydrogen-bond donors (Lipinski definition) is 1. The number of amides is 1. The molecule has 0 spiro atoms. The van der Waals surface area contributed by atoms with E-state index in [1.807, 2.05) is 25.1 Å². The molecule has 1 aromatic carbocycles. The van der Waals surface area contributed by atoms with Crippen molar-refractivity contribution in [3.8, 4) is 11.4 Å². The number of nitrogens with one attached hydrogen (secondary N) is 1. The molecule has 30 heavy (non-hydrogen) atoms. The zero-order valence-electron chi connectivity index (χ0n) is 16.9. The van der Waals surface area contributed by atoms with Crippen molar-refractivity contribution < 1.29 is 9.53 Å². The van der Waals surface area contributed by atoms with Gasteiger partial charge in [0.2, 0.25) is 5.91 Å². The first-order chi connectivity index (χ1) is 14.5. The van der Waals surface area contributed by atoms with Crippen molar-refractivity contribution in [3.05, 3.63) is 45.1 Å². The van der Waals surface area contributed by atoms with Crippen LogP contribution in [-0.2, 0) is 16.1 Å². The highest BCUT2D eigenvalue weighted by atomic mass is 35.5. The maximum atomic E-state index is 12.5. The third kappa shape index (κ3) is 4.88. The van der Waals surface area contributed by atoms with E-state index in [1.165, 1.54) is 16.6 Å². The molecule has 0 bridgehead atoms. The summed E-state index contributed by atoms with van der Waals surface area (Å²) in [5.41, 5.74) is 2.63. The number of nitrogens with zero attached hydrogens (tertiary/aromatic N) is 3. The van der Waals surface area contributed by atoms with Crippen LogP contribution in [0.25, 0.3) is 11.4 Å². The fraction of sp³-hybridized carbons (Fsp3) is 0.381. The number of halogens is 1. The molecule has 158 valence electrons. The van der Waals surface area contributed by atoms with Crippen LogP contribution in [0.4, 0.5) is 5.69 Å². The van der Waals surface area contributed by atoms with E-state index in [0.29, 0.717) is 11.6 Å². The smallest absolute Gasteiger partial charge is 0.234 e. The van der Waals surface area contributed by atoms with Gasteiger partial charge in [-0.15, -0.1) is 21.5 Å². The molecule has 1 fully saturated rings. The fourth-order valence-corrected chi connectivity index (χ4v) is 4.99. The van der Waals surface area contributed by atoms with Crippen molar-refractivity contribution >= 4 is 46.3 Å². The zero-order valence-corrected chi connectivity index (χ0v) is 19.2. The molecule has 1 amide bonds. The molecule has 1 saturated heterocycles. The summed E-state index contributed by atoms with van der Waals surface area (Å²) in [5.74, 6) is 0.951. The average Bonchev–Trinajstić information content (AvgIpc) is 3.46. The topological polar surface area (TPSA) is 69.0 Å². The van der Waals surface area contributed by atoms with Crippen molar-refractivity contribution in [1.29, 1.82) is 0 Å². The minimum atomic E-state index is -0.107. The van der Waals surface area contributed by atoms with E-state index in [9.17, 15) is 4.79 Å². The summed E-state index contributed by atoms with van der Waals surface area (Å²) in [7, 11) is 0. The molecule has 1 aliphatic rings. The number of aryl methyl sites for hydroxylation is 1. The van der Waals surface area contributed by atoms with E-state index in [4.69, 9.17) is 16.3 Å². The maximum Gasteiger partial charge on any atom is 0.234 e. The SMILES string of the molecule is Cc1cc(-c2nnc(SCC(=O)Nc3cccc(Cl)c3C)n2CC2CCCO2)cs1. The first kappa shape index (κ1) is 21.4. The number of benzene rings is 1. The molecule has 3 heterocycles. The molecule has 4 rings (SSSR count). The second-order valence-corrected chi connectivity index (χ2v) is 9.71. The van der Waals surface area contributed by atoms with Gasteiger partial charge >= 0.3 is 0 Å². The summed E-state index contributed by atoms with van der Waals surface area (Å²) in [4.78, 5) is 13.8. The van der Waals surface area contributed by atoms with Gasteiger partial charge in [-0.25, -0.2) is 0 Å². The lowest BCUT2D eigenvalue weighted by molar-refractivity contribution is -0.113. The number of thiophene rings is 1. The Hall–Kier alpha value is -1.87. The van der Waals surface area contributed by atoms with Gasteiger partial charge in [-0.05, 0) is 50.5 Å². The molecule has 9 heteroatoms. The average molecular weight is 463 g/mol. The van der Waals surface area contributed by atoms with Crippen molar-refractivity contribution in [2.75, 3.05) is 17.7 Å². The monoisotopic (exact) mass is 462 g/mol. The number of ether oxygens (including phenoxy) is 1. The van der Waals surface area contributed by atoms with Gasteiger partial charge in [-0.3, -0.25) is 9.36 Å². The van der Waals surface area contributed by atoms with Gasteiger partial charge in [0.05, 0.1) is 18.4 Å². The summed E-state index contributed by atoms with van der Waals surface area (Å²) >= 11 is 9.22. The van der Waals surface area contributed by atoms with Gasteiger partial charge < -0.3 is 10.1 Å². The highest BCUT2D eigenvalue weighted by Crippen LogP contribution is 2.29. The van der Waals surface area contributed by atoms with Crippen molar-refractivity contribution in [1.82, 2.24) is 14.8 Å². The predicted octanol–water partition coefficient (Wildman–Crippen LogP) is 5.19. The second-order valence-electron chi connectivity index (χ2n) is 7.25. The summed E-state index contributed by atoms with van der Waals surface area (Å²) in [6, 6.07) is 7.60. The van der Waals surface area contributed by atoms with Gasteiger partial charge in [0.1, 0.15) is 0 Å². The highest BCUT2D eigenvalue weighted by molar-refractivity contribution is 7.99. The lowest BCUT2D eigenvalue weighted by Gasteiger charge is -2.14.